The molecule has 1 aliphatic rings. The van der Waals surface area contributed by atoms with Gasteiger partial charge in [0.2, 0.25) is 18.6 Å². The average Bonchev–Trinajstić information content (AvgIpc) is 2.85. The van der Waals surface area contributed by atoms with Crippen LogP contribution >= 0.6 is 0 Å². The third-order valence-corrected chi connectivity index (χ3v) is 5.28. The second-order valence-electron chi connectivity index (χ2n) is 7.75. The van der Waals surface area contributed by atoms with Gasteiger partial charge in [0.25, 0.3) is 0 Å². The van der Waals surface area contributed by atoms with Gasteiger partial charge in [-0.2, -0.15) is 0 Å². The summed E-state index contributed by atoms with van der Waals surface area (Å²) in [6.45, 7) is 2.53. The fourth-order valence-electron chi connectivity index (χ4n) is 3.46. The predicted octanol–water partition coefficient (Wildman–Crippen LogP) is 2.04. The maximum atomic E-state index is 12.5. The third kappa shape index (κ3) is 7.70. The maximum Gasteiger partial charge on any atom is 0.331 e. The van der Waals surface area contributed by atoms with Gasteiger partial charge in [0, 0.05) is 32.5 Å². The van der Waals surface area contributed by atoms with Gasteiger partial charge in [-0.05, 0) is 34.9 Å². The third-order valence-electron chi connectivity index (χ3n) is 5.28. The largest absolute Gasteiger partial charge is 0.428 e. The Labute approximate surface area is 197 Å². The molecule has 0 bridgehead atoms. The standard InChI is InChI=1S/C25H28N2O7/c1-18(28)33-17-34-25(31)22(9-11-24(30)27-12-14-32-15-13-27)26-23(29)10-7-19-6-8-20-4-2-3-5-21(20)16-19/h2-8,10,16,22H,9,11-15,17H2,1H3,(H,26,29)/b10-7+/t22-/m0/s1. The highest BCUT2D eigenvalue weighted by atomic mass is 16.7. The molecule has 3 rings (SSSR count). The van der Waals surface area contributed by atoms with Crippen LogP contribution in [0, 0.1) is 0 Å². The Hall–Kier alpha value is -3.72. The second-order valence-corrected chi connectivity index (χ2v) is 7.75. The number of amides is 2. The molecule has 2 aromatic carbocycles. The van der Waals surface area contributed by atoms with Crippen molar-refractivity contribution < 1.29 is 33.4 Å². The zero-order valence-corrected chi connectivity index (χ0v) is 19.0. The van der Waals surface area contributed by atoms with E-state index in [1.165, 1.54) is 13.0 Å². The highest BCUT2D eigenvalue weighted by molar-refractivity contribution is 5.95. The Morgan fingerprint density at radius 1 is 1.06 bits per heavy atom. The average molecular weight is 469 g/mol. The highest BCUT2D eigenvalue weighted by Gasteiger charge is 2.25. The molecule has 2 amide bonds. The fraction of sp³-hybridized carbons (Fsp3) is 0.360. The van der Waals surface area contributed by atoms with E-state index in [0.717, 1.165) is 16.3 Å². The van der Waals surface area contributed by atoms with Crippen LogP contribution in [0.3, 0.4) is 0 Å². The van der Waals surface area contributed by atoms with Gasteiger partial charge in [0.05, 0.1) is 13.2 Å². The lowest BCUT2D eigenvalue weighted by molar-refractivity contribution is -0.167. The number of nitrogens with zero attached hydrogens (tertiary/aromatic N) is 1. The zero-order valence-electron chi connectivity index (χ0n) is 19.0. The minimum atomic E-state index is -1.07. The Morgan fingerprint density at radius 2 is 1.79 bits per heavy atom. The molecule has 0 aromatic heterocycles. The number of carbonyl (C=O) groups excluding carboxylic acids is 4. The molecule has 9 nitrogen and oxygen atoms in total. The number of fused-ring (bicyclic) bond motifs is 1. The number of esters is 2. The number of ether oxygens (including phenoxy) is 3. The molecule has 0 unspecified atom stereocenters. The molecule has 0 radical (unpaired) electrons. The highest BCUT2D eigenvalue weighted by Crippen LogP contribution is 2.16. The first-order chi connectivity index (χ1) is 16.4. The smallest absolute Gasteiger partial charge is 0.331 e. The molecule has 34 heavy (non-hydrogen) atoms. The topological polar surface area (TPSA) is 111 Å². The van der Waals surface area contributed by atoms with Gasteiger partial charge in [-0.15, -0.1) is 0 Å². The van der Waals surface area contributed by atoms with Crippen molar-refractivity contribution in [2.75, 3.05) is 33.1 Å². The first-order valence-corrected chi connectivity index (χ1v) is 11.1. The molecule has 0 saturated carbocycles. The molecule has 1 fully saturated rings. The Balaban J connectivity index is 1.61. The van der Waals surface area contributed by atoms with Crippen molar-refractivity contribution in [2.45, 2.75) is 25.8 Å². The maximum absolute atomic E-state index is 12.5. The number of morpholine rings is 1. The van der Waals surface area contributed by atoms with Crippen LogP contribution in [0.15, 0.2) is 48.5 Å². The normalized spacial score (nSPS) is 14.6. The van der Waals surface area contributed by atoms with Crippen LogP contribution in [0.25, 0.3) is 16.8 Å². The van der Waals surface area contributed by atoms with Gasteiger partial charge in [0.1, 0.15) is 6.04 Å². The molecular weight excluding hydrogens is 440 g/mol. The second kappa shape index (κ2) is 12.5. The van der Waals surface area contributed by atoms with Gasteiger partial charge in [-0.1, -0.05) is 36.4 Å². The van der Waals surface area contributed by atoms with Crippen molar-refractivity contribution in [3.05, 3.63) is 54.1 Å². The number of hydrogen-bond donors (Lipinski definition) is 1. The van der Waals surface area contributed by atoms with Crippen LogP contribution in [0.1, 0.15) is 25.3 Å². The fourth-order valence-corrected chi connectivity index (χ4v) is 3.46. The van der Waals surface area contributed by atoms with Crippen molar-refractivity contribution in [3.8, 4) is 0 Å². The van der Waals surface area contributed by atoms with E-state index in [1.54, 1.807) is 11.0 Å². The lowest BCUT2D eigenvalue weighted by Gasteiger charge is -2.27. The van der Waals surface area contributed by atoms with Crippen LogP contribution in [0.2, 0.25) is 0 Å². The van der Waals surface area contributed by atoms with Gasteiger partial charge in [0.15, 0.2) is 0 Å². The summed E-state index contributed by atoms with van der Waals surface area (Å²) in [6, 6.07) is 12.6. The summed E-state index contributed by atoms with van der Waals surface area (Å²) in [5, 5.41) is 4.71. The lowest BCUT2D eigenvalue weighted by Crippen LogP contribution is -2.44. The lowest BCUT2D eigenvalue weighted by atomic mass is 10.1. The molecular formula is C25H28N2O7. The van der Waals surface area contributed by atoms with E-state index in [-0.39, 0.29) is 18.7 Å². The van der Waals surface area contributed by atoms with Crippen LogP contribution in [0.5, 0.6) is 0 Å². The van der Waals surface area contributed by atoms with Gasteiger partial charge in [-0.25, -0.2) is 4.79 Å². The molecule has 9 heteroatoms. The van der Waals surface area contributed by atoms with Crippen molar-refractivity contribution in [3.63, 3.8) is 0 Å². The number of nitrogens with one attached hydrogen (secondary N) is 1. The molecule has 1 atom stereocenters. The Morgan fingerprint density at radius 3 is 2.53 bits per heavy atom. The first kappa shape index (κ1) is 24.9. The number of hydrogen-bond acceptors (Lipinski definition) is 7. The van der Waals surface area contributed by atoms with Crippen molar-refractivity contribution >= 4 is 40.6 Å². The quantitative estimate of drug-likeness (QED) is 0.341. The number of carbonyl (C=O) groups is 4. The van der Waals surface area contributed by atoms with E-state index in [2.05, 4.69) is 10.1 Å². The first-order valence-electron chi connectivity index (χ1n) is 11.1. The summed E-state index contributed by atoms with van der Waals surface area (Å²) in [6.07, 6.45) is 3.05. The molecule has 1 aliphatic heterocycles. The molecule has 1 heterocycles. The van der Waals surface area contributed by atoms with Crippen molar-refractivity contribution in [1.82, 2.24) is 10.2 Å². The summed E-state index contributed by atoms with van der Waals surface area (Å²) >= 11 is 0. The van der Waals surface area contributed by atoms with Gasteiger partial charge >= 0.3 is 11.9 Å². The van der Waals surface area contributed by atoms with Gasteiger partial charge in [-0.3, -0.25) is 14.4 Å². The summed E-state index contributed by atoms with van der Waals surface area (Å²) in [7, 11) is 0. The van der Waals surface area contributed by atoms with Gasteiger partial charge < -0.3 is 24.4 Å². The van der Waals surface area contributed by atoms with Crippen LogP contribution in [-0.2, 0) is 33.4 Å². The van der Waals surface area contributed by atoms with Crippen molar-refractivity contribution in [1.29, 1.82) is 0 Å². The van der Waals surface area contributed by atoms with Crippen LogP contribution in [0.4, 0.5) is 0 Å². The molecule has 1 saturated heterocycles. The van der Waals surface area contributed by atoms with E-state index < -0.39 is 30.7 Å². The Kier molecular flexibility index (Phi) is 9.16. The molecule has 180 valence electrons. The monoisotopic (exact) mass is 468 g/mol. The van der Waals surface area contributed by atoms with Crippen molar-refractivity contribution in [2.24, 2.45) is 0 Å². The zero-order chi connectivity index (χ0) is 24.3. The minimum absolute atomic E-state index is 0.0437. The van der Waals surface area contributed by atoms with E-state index in [4.69, 9.17) is 9.47 Å². The summed E-state index contributed by atoms with van der Waals surface area (Å²) < 4.78 is 14.8. The van der Waals surface area contributed by atoms with E-state index in [9.17, 15) is 19.2 Å². The number of benzene rings is 2. The molecule has 1 N–H and O–H groups in total. The molecule has 0 aliphatic carbocycles. The summed E-state index contributed by atoms with van der Waals surface area (Å²) in [5.41, 5.74) is 0.824. The SMILES string of the molecule is CC(=O)OCOC(=O)[C@H](CCC(=O)N1CCOCC1)NC(=O)/C=C/c1ccc2ccccc2c1. The summed E-state index contributed by atoms with van der Waals surface area (Å²) in [4.78, 5) is 50.0. The summed E-state index contributed by atoms with van der Waals surface area (Å²) in [5.74, 6) is -2.04. The molecule has 0 spiro atoms. The molecule has 2 aromatic rings. The van der Waals surface area contributed by atoms with Crippen LogP contribution < -0.4 is 5.32 Å². The minimum Gasteiger partial charge on any atom is -0.428 e. The Bertz CT molecular complexity index is 1060. The van der Waals surface area contributed by atoms with E-state index in [1.807, 2.05) is 42.5 Å². The number of rotatable bonds is 9. The predicted molar refractivity (Wildman–Crippen MR) is 124 cm³/mol. The van der Waals surface area contributed by atoms with E-state index >= 15 is 0 Å². The van der Waals surface area contributed by atoms with E-state index in [0.29, 0.717) is 26.3 Å². The van der Waals surface area contributed by atoms with Crippen LogP contribution in [-0.4, -0.2) is 67.8 Å².